The Balaban J connectivity index is 0.00000256. The van der Waals surface area contributed by atoms with E-state index in [1.165, 1.54) is 7.76 Å². The van der Waals surface area contributed by atoms with E-state index in [1.54, 1.807) is 11.3 Å². The lowest BCUT2D eigenvalue weighted by atomic mass is 10.0. The van der Waals surface area contributed by atoms with E-state index >= 15 is 0 Å². The van der Waals surface area contributed by atoms with Gasteiger partial charge in [0.2, 0.25) is 5.91 Å². The highest BCUT2D eigenvalue weighted by atomic mass is 127. The summed E-state index contributed by atoms with van der Waals surface area (Å²) in [5.41, 5.74) is 5.66. The molecule has 3 N–H and O–H groups in total. The zero-order valence-electron chi connectivity index (χ0n) is 9.90. The van der Waals surface area contributed by atoms with Crippen LogP contribution >= 0.6 is 46.3 Å². The summed E-state index contributed by atoms with van der Waals surface area (Å²) in [6.45, 7) is 4.40. The van der Waals surface area contributed by atoms with Gasteiger partial charge in [-0.25, -0.2) is 0 Å². The molecule has 0 aliphatic carbocycles. The van der Waals surface area contributed by atoms with Gasteiger partial charge in [0.05, 0.1) is 2.88 Å². The van der Waals surface area contributed by atoms with Crippen molar-refractivity contribution >= 4 is 52.2 Å². The van der Waals surface area contributed by atoms with Crippen LogP contribution < -0.4 is 11.1 Å². The summed E-state index contributed by atoms with van der Waals surface area (Å²) in [6.07, 6.45) is 0.894. The van der Waals surface area contributed by atoms with Gasteiger partial charge in [0.1, 0.15) is 0 Å². The Morgan fingerprint density at radius 3 is 2.65 bits per heavy atom. The minimum absolute atomic E-state index is 0. The van der Waals surface area contributed by atoms with Gasteiger partial charge in [-0.3, -0.25) is 4.79 Å². The summed E-state index contributed by atoms with van der Waals surface area (Å²) in [5, 5.41) is 2.91. The second-order valence-corrected chi connectivity index (χ2v) is 6.96. The molecule has 0 fully saturated rings. The predicted molar refractivity (Wildman–Crippen MR) is 83.8 cm³/mol. The maximum absolute atomic E-state index is 11.6. The lowest BCUT2D eigenvalue weighted by Gasteiger charge is -2.14. The molecule has 1 aromatic rings. The van der Waals surface area contributed by atoms with Gasteiger partial charge >= 0.3 is 0 Å². The van der Waals surface area contributed by atoms with Crippen molar-refractivity contribution in [1.82, 2.24) is 5.32 Å². The fourth-order valence-electron chi connectivity index (χ4n) is 1.19. The summed E-state index contributed by atoms with van der Waals surface area (Å²) < 4.78 is 1.28. The standard InChI is InChI=1S/C11H17IN2OS.ClH/c1-7(8(2)13)11(15)14-6-5-9-3-4-10(12)16-9;/h3-4,7-8H,5-6,13H2,1-2H3,(H,14,15);1H. The first-order chi connectivity index (χ1) is 7.50. The molecule has 2 atom stereocenters. The number of carbonyl (C=O) groups is 1. The molecule has 0 aliphatic rings. The molecule has 1 aromatic heterocycles. The van der Waals surface area contributed by atoms with E-state index in [0.717, 1.165) is 6.42 Å². The molecule has 0 bridgehead atoms. The molecule has 17 heavy (non-hydrogen) atoms. The van der Waals surface area contributed by atoms with Gasteiger partial charge in [-0.2, -0.15) is 0 Å². The van der Waals surface area contributed by atoms with Crippen LogP contribution in [0.3, 0.4) is 0 Å². The number of rotatable bonds is 5. The molecule has 98 valence electrons. The number of thiophene rings is 1. The molecule has 3 nitrogen and oxygen atoms in total. The van der Waals surface area contributed by atoms with Gasteiger partial charge in [-0.05, 0) is 48.1 Å². The Kier molecular flexibility index (Phi) is 8.36. The first kappa shape index (κ1) is 17.2. The van der Waals surface area contributed by atoms with Crippen LogP contribution in [0.4, 0.5) is 0 Å². The molecule has 0 aliphatic heterocycles. The normalized spacial score (nSPS) is 13.6. The van der Waals surface area contributed by atoms with Crippen LogP contribution in [0.15, 0.2) is 12.1 Å². The van der Waals surface area contributed by atoms with Gasteiger partial charge in [-0.15, -0.1) is 23.7 Å². The third kappa shape index (κ3) is 6.03. The van der Waals surface area contributed by atoms with Gasteiger partial charge in [0.25, 0.3) is 0 Å². The average molecular weight is 389 g/mol. The lowest BCUT2D eigenvalue weighted by molar-refractivity contribution is -0.124. The molecule has 0 aromatic carbocycles. The Bertz CT molecular complexity index is 357. The summed E-state index contributed by atoms with van der Waals surface area (Å²) in [4.78, 5) is 12.9. The summed E-state index contributed by atoms with van der Waals surface area (Å²) in [6, 6.07) is 4.10. The summed E-state index contributed by atoms with van der Waals surface area (Å²) in [5.74, 6) is -0.0790. The minimum Gasteiger partial charge on any atom is -0.355 e. The van der Waals surface area contributed by atoms with E-state index in [2.05, 4.69) is 40.0 Å². The third-order valence-corrected chi connectivity index (χ3v) is 4.46. The van der Waals surface area contributed by atoms with Crippen molar-refractivity contribution in [2.24, 2.45) is 11.7 Å². The van der Waals surface area contributed by atoms with E-state index in [-0.39, 0.29) is 30.3 Å². The lowest BCUT2D eigenvalue weighted by Crippen LogP contribution is -2.39. The van der Waals surface area contributed by atoms with Crippen LogP contribution in [0.2, 0.25) is 0 Å². The topological polar surface area (TPSA) is 55.1 Å². The molecule has 6 heteroatoms. The summed E-state index contributed by atoms with van der Waals surface area (Å²) in [7, 11) is 0. The highest BCUT2D eigenvalue weighted by Crippen LogP contribution is 2.18. The number of carbonyl (C=O) groups excluding carboxylic acids is 1. The Morgan fingerprint density at radius 1 is 1.53 bits per heavy atom. The number of amides is 1. The Hall–Kier alpha value is 0.150. The van der Waals surface area contributed by atoms with Crippen LogP contribution in [-0.2, 0) is 11.2 Å². The fraction of sp³-hybridized carbons (Fsp3) is 0.545. The smallest absolute Gasteiger partial charge is 0.224 e. The molecule has 0 radical (unpaired) electrons. The maximum Gasteiger partial charge on any atom is 0.224 e. The SMILES string of the molecule is CC(N)C(C)C(=O)NCCc1ccc(I)s1.Cl. The number of nitrogens with one attached hydrogen (secondary N) is 1. The van der Waals surface area contributed by atoms with Crippen LogP contribution in [-0.4, -0.2) is 18.5 Å². The second kappa shape index (κ2) is 8.29. The molecule has 1 heterocycles. The summed E-state index contributed by atoms with van der Waals surface area (Å²) >= 11 is 4.06. The molecule has 2 unspecified atom stereocenters. The van der Waals surface area contributed by atoms with Crippen molar-refractivity contribution < 1.29 is 4.79 Å². The molecule has 0 spiro atoms. The van der Waals surface area contributed by atoms with Gasteiger partial charge in [0.15, 0.2) is 0 Å². The van der Waals surface area contributed by atoms with E-state index in [4.69, 9.17) is 5.73 Å². The van der Waals surface area contributed by atoms with E-state index in [1.807, 2.05) is 13.8 Å². The zero-order valence-corrected chi connectivity index (χ0v) is 13.7. The van der Waals surface area contributed by atoms with Crippen LogP contribution in [0, 0.1) is 8.80 Å². The minimum atomic E-state index is -0.122. The molecule has 0 saturated heterocycles. The Labute approximate surface area is 126 Å². The number of halogens is 2. The van der Waals surface area contributed by atoms with Crippen molar-refractivity contribution in [3.63, 3.8) is 0 Å². The van der Waals surface area contributed by atoms with Crippen molar-refractivity contribution in [2.75, 3.05) is 6.54 Å². The highest BCUT2D eigenvalue weighted by Gasteiger charge is 2.16. The van der Waals surface area contributed by atoms with Crippen molar-refractivity contribution in [2.45, 2.75) is 26.3 Å². The first-order valence-electron chi connectivity index (χ1n) is 5.28. The van der Waals surface area contributed by atoms with E-state index < -0.39 is 0 Å². The monoisotopic (exact) mass is 388 g/mol. The van der Waals surface area contributed by atoms with Crippen molar-refractivity contribution in [3.05, 3.63) is 19.9 Å². The largest absolute Gasteiger partial charge is 0.355 e. The van der Waals surface area contributed by atoms with E-state index in [0.29, 0.717) is 6.54 Å². The number of nitrogens with two attached hydrogens (primary N) is 1. The van der Waals surface area contributed by atoms with Crippen LogP contribution in [0.5, 0.6) is 0 Å². The van der Waals surface area contributed by atoms with Crippen molar-refractivity contribution in [3.8, 4) is 0 Å². The van der Waals surface area contributed by atoms with Crippen molar-refractivity contribution in [1.29, 1.82) is 0 Å². The quantitative estimate of drug-likeness (QED) is 0.761. The maximum atomic E-state index is 11.6. The number of hydrogen-bond acceptors (Lipinski definition) is 3. The average Bonchev–Trinajstić information content (AvgIpc) is 2.62. The second-order valence-electron chi connectivity index (χ2n) is 3.89. The number of hydrogen-bond donors (Lipinski definition) is 2. The molecule has 0 saturated carbocycles. The fourth-order valence-corrected chi connectivity index (χ4v) is 2.95. The zero-order chi connectivity index (χ0) is 12.1. The highest BCUT2D eigenvalue weighted by molar-refractivity contribution is 14.1. The van der Waals surface area contributed by atoms with Crippen LogP contribution in [0.25, 0.3) is 0 Å². The molecule has 1 amide bonds. The van der Waals surface area contributed by atoms with Crippen LogP contribution in [0.1, 0.15) is 18.7 Å². The molecular weight excluding hydrogens is 371 g/mol. The Morgan fingerprint density at radius 2 is 2.18 bits per heavy atom. The third-order valence-electron chi connectivity index (χ3n) is 2.50. The first-order valence-corrected chi connectivity index (χ1v) is 7.17. The van der Waals surface area contributed by atoms with Gasteiger partial charge in [0, 0.05) is 23.4 Å². The van der Waals surface area contributed by atoms with Gasteiger partial charge in [-0.1, -0.05) is 6.92 Å². The molecular formula is C11H18ClIN2OS. The predicted octanol–water partition coefficient (Wildman–Crippen LogP) is 2.42. The van der Waals surface area contributed by atoms with E-state index in [9.17, 15) is 4.79 Å². The molecule has 1 rings (SSSR count). The van der Waals surface area contributed by atoms with Gasteiger partial charge < -0.3 is 11.1 Å².